The number of carbonyl (C=O) groups is 1. The van der Waals surface area contributed by atoms with E-state index < -0.39 is 0 Å². The van der Waals surface area contributed by atoms with Gasteiger partial charge in [-0.25, -0.2) is 4.85 Å². The van der Waals surface area contributed by atoms with Crippen molar-refractivity contribution in [3.8, 4) is 0 Å². The topological polar surface area (TPSA) is 21.4 Å². The molecule has 0 atom stereocenters. The third-order valence-corrected chi connectivity index (χ3v) is 2.67. The molecule has 0 unspecified atom stereocenters. The summed E-state index contributed by atoms with van der Waals surface area (Å²) in [5.41, 5.74) is 0.714. The maximum atomic E-state index is 11.5. The molecule has 0 saturated heterocycles. The van der Waals surface area contributed by atoms with E-state index in [9.17, 15) is 4.79 Å². The predicted molar refractivity (Wildman–Crippen MR) is 66.6 cm³/mol. The monoisotopic (exact) mass is 225 g/mol. The van der Waals surface area contributed by atoms with Crippen LogP contribution in [0.25, 0.3) is 4.85 Å². The van der Waals surface area contributed by atoms with Crippen LogP contribution in [0.15, 0.2) is 11.8 Å². The highest BCUT2D eigenvalue weighted by Gasteiger charge is 2.15. The number of thioether (sulfide) groups is 1. The van der Waals surface area contributed by atoms with Crippen molar-refractivity contribution < 1.29 is 4.79 Å². The Labute approximate surface area is 97.0 Å². The average molecular weight is 225 g/mol. The number of hydrogen-bond donors (Lipinski definition) is 0. The SMILES string of the molecule is [C-]#[N+]C(C)=CCCCC(=O)SC(C)(C)C. The van der Waals surface area contributed by atoms with Gasteiger partial charge in [0.1, 0.15) is 0 Å². The molecule has 3 heteroatoms. The lowest BCUT2D eigenvalue weighted by Gasteiger charge is -2.15. The molecule has 0 aromatic carbocycles. The summed E-state index contributed by atoms with van der Waals surface area (Å²) in [5.74, 6) is 0. The highest BCUT2D eigenvalue weighted by atomic mass is 32.2. The summed E-state index contributed by atoms with van der Waals surface area (Å²) >= 11 is 1.40. The number of rotatable bonds is 4. The number of carbonyl (C=O) groups excluding carboxylic acids is 1. The van der Waals surface area contributed by atoms with E-state index >= 15 is 0 Å². The first kappa shape index (κ1) is 14.2. The molecule has 0 N–H and O–H groups in total. The van der Waals surface area contributed by atoms with Crippen molar-refractivity contribution >= 4 is 16.9 Å². The van der Waals surface area contributed by atoms with Crippen molar-refractivity contribution in [2.75, 3.05) is 0 Å². The van der Waals surface area contributed by atoms with E-state index in [1.807, 2.05) is 26.8 Å². The Hall–Kier alpha value is -0.750. The Morgan fingerprint density at radius 1 is 1.47 bits per heavy atom. The Kier molecular flexibility index (Phi) is 6.35. The van der Waals surface area contributed by atoms with E-state index in [2.05, 4.69) is 4.85 Å². The zero-order valence-corrected chi connectivity index (χ0v) is 10.8. The largest absolute Gasteiger partial charge is 0.287 e. The third kappa shape index (κ3) is 9.55. The van der Waals surface area contributed by atoms with Gasteiger partial charge in [0.2, 0.25) is 0 Å². The van der Waals surface area contributed by atoms with Gasteiger partial charge < -0.3 is 0 Å². The number of hydrogen-bond acceptors (Lipinski definition) is 2. The molecule has 0 heterocycles. The van der Waals surface area contributed by atoms with Crippen LogP contribution in [0.1, 0.15) is 47.0 Å². The quantitative estimate of drug-likeness (QED) is 0.532. The molecule has 0 aromatic rings. The Balaban J connectivity index is 3.71. The fraction of sp³-hybridized carbons (Fsp3) is 0.667. The summed E-state index contributed by atoms with van der Waals surface area (Å²) in [5, 5.41) is 0.247. The summed E-state index contributed by atoms with van der Waals surface area (Å²) in [6.45, 7) is 14.6. The van der Waals surface area contributed by atoms with Gasteiger partial charge >= 0.3 is 0 Å². The molecule has 0 aliphatic heterocycles. The van der Waals surface area contributed by atoms with Gasteiger partial charge in [0, 0.05) is 11.2 Å². The first-order chi connectivity index (χ1) is 6.85. The summed E-state index contributed by atoms with van der Waals surface area (Å²) in [6.07, 6.45) is 4.16. The van der Waals surface area contributed by atoms with E-state index in [1.54, 1.807) is 6.92 Å². The Bertz CT molecular complexity index is 281. The molecule has 0 aromatic heterocycles. The Morgan fingerprint density at radius 3 is 2.53 bits per heavy atom. The molecule has 0 rings (SSSR count). The van der Waals surface area contributed by atoms with Gasteiger partial charge in [0.25, 0.3) is 0 Å². The first-order valence-corrected chi connectivity index (χ1v) is 5.93. The van der Waals surface area contributed by atoms with Crippen LogP contribution in [0.2, 0.25) is 0 Å². The minimum atomic E-state index is 0.0132. The second kappa shape index (κ2) is 6.68. The molecule has 2 nitrogen and oxygen atoms in total. The number of nitrogens with zero attached hydrogens (tertiary/aromatic N) is 1. The van der Waals surface area contributed by atoms with Gasteiger partial charge in [0.15, 0.2) is 10.8 Å². The fourth-order valence-electron chi connectivity index (χ4n) is 0.996. The lowest BCUT2D eigenvalue weighted by Crippen LogP contribution is -2.11. The van der Waals surface area contributed by atoms with Crippen molar-refractivity contribution in [2.45, 2.75) is 51.7 Å². The Morgan fingerprint density at radius 2 is 2.07 bits per heavy atom. The normalized spacial score (nSPS) is 12.3. The zero-order valence-electron chi connectivity index (χ0n) is 9.96. The molecule has 0 fully saturated rings. The number of unbranched alkanes of at least 4 members (excludes halogenated alkanes) is 1. The predicted octanol–water partition coefficient (Wildman–Crippen LogP) is 4.04. The van der Waals surface area contributed by atoms with Crippen LogP contribution < -0.4 is 0 Å². The minimum absolute atomic E-state index is 0.0132. The molecule has 0 radical (unpaired) electrons. The molecular weight excluding hydrogens is 206 g/mol. The van der Waals surface area contributed by atoms with E-state index in [0.717, 1.165) is 12.8 Å². The van der Waals surface area contributed by atoms with Crippen LogP contribution in [0.3, 0.4) is 0 Å². The summed E-state index contributed by atoms with van der Waals surface area (Å²) in [7, 11) is 0. The molecule has 0 saturated carbocycles. The van der Waals surface area contributed by atoms with Gasteiger partial charge in [0.05, 0.1) is 6.57 Å². The van der Waals surface area contributed by atoms with Crippen LogP contribution in [0.5, 0.6) is 0 Å². The zero-order chi connectivity index (χ0) is 11.9. The highest BCUT2D eigenvalue weighted by Crippen LogP contribution is 2.25. The van der Waals surface area contributed by atoms with Gasteiger partial charge in [-0.3, -0.25) is 4.79 Å². The van der Waals surface area contributed by atoms with E-state index in [1.165, 1.54) is 11.8 Å². The van der Waals surface area contributed by atoms with Crippen LogP contribution >= 0.6 is 11.8 Å². The van der Waals surface area contributed by atoms with E-state index in [-0.39, 0.29) is 9.86 Å². The van der Waals surface area contributed by atoms with Gasteiger partial charge in [-0.05, 0) is 19.8 Å². The fourth-order valence-corrected chi connectivity index (χ4v) is 1.92. The van der Waals surface area contributed by atoms with Crippen molar-refractivity contribution in [3.05, 3.63) is 23.2 Å². The second-order valence-electron chi connectivity index (χ2n) is 4.44. The van der Waals surface area contributed by atoms with Crippen molar-refractivity contribution in [1.82, 2.24) is 0 Å². The lowest BCUT2D eigenvalue weighted by atomic mass is 10.2. The third-order valence-electron chi connectivity index (χ3n) is 1.62. The van der Waals surface area contributed by atoms with Gasteiger partial charge in [-0.15, -0.1) is 0 Å². The van der Waals surface area contributed by atoms with Crippen molar-refractivity contribution in [1.29, 1.82) is 0 Å². The molecule has 15 heavy (non-hydrogen) atoms. The standard InChI is InChI=1S/C12H19NOS/c1-10(13-5)8-6-7-9-11(14)15-12(2,3)4/h8H,6-7,9H2,1-4H3. The molecule has 0 aliphatic rings. The maximum Gasteiger partial charge on any atom is 0.189 e. The first-order valence-electron chi connectivity index (χ1n) is 5.11. The average Bonchev–Trinajstić information content (AvgIpc) is 2.09. The summed E-state index contributed by atoms with van der Waals surface area (Å²) in [4.78, 5) is 14.7. The summed E-state index contributed by atoms with van der Waals surface area (Å²) in [6, 6.07) is 0. The molecule has 0 spiro atoms. The van der Waals surface area contributed by atoms with Crippen molar-refractivity contribution in [3.63, 3.8) is 0 Å². The van der Waals surface area contributed by atoms with Crippen LogP contribution in [-0.2, 0) is 4.79 Å². The maximum absolute atomic E-state index is 11.5. The highest BCUT2D eigenvalue weighted by molar-refractivity contribution is 8.14. The van der Waals surface area contributed by atoms with E-state index in [0.29, 0.717) is 12.1 Å². The smallest absolute Gasteiger partial charge is 0.189 e. The van der Waals surface area contributed by atoms with Crippen LogP contribution in [0, 0.1) is 6.57 Å². The minimum Gasteiger partial charge on any atom is -0.287 e. The van der Waals surface area contributed by atoms with Crippen molar-refractivity contribution in [2.24, 2.45) is 0 Å². The second-order valence-corrected chi connectivity index (χ2v) is 6.32. The molecule has 0 bridgehead atoms. The van der Waals surface area contributed by atoms with Crippen LogP contribution in [-0.4, -0.2) is 9.86 Å². The van der Waals surface area contributed by atoms with E-state index in [4.69, 9.17) is 6.57 Å². The summed E-state index contributed by atoms with van der Waals surface area (Å²) < 4.78 is 0.0132. The van der Waals surface area contributed by atoms with Gasteiger partial charge in [-0.1, -0.05) is 38.6 Å². The molecular formula is C12H19NOS. The molecule has 0 amide bonds. The van der Waals surface area contributed by atoms with Gasteiger partial charge in [-0.2, -0.15) is 0 Å². The number of allylic oxidation sites excluding steroid dienone is 2. The molecule has 0 aliphatic carbocycles. The van der Waals surface area contributed by atoms with Crippen LogP contribution in [0.4, 0.5) is 0 Å². The lowest BCUT2D eigenvalue weighted by molar-refractivity contribution is -0.111. The molecule has 84 valence electrons.